The molecule has 0 aliphatic carbocycles. The van der Waals surface area contributed by atoms with Gasteiger partial charge in [0.15, 0.2) is 9.84 Å². The highest BCUT2D eigenvalue weighted by Gasteiger charge is 2.29. The van der Waals surface area contributed by atoms with Gasteiger partial charge in [-0.25, -0.2) is 8.42 Å². The van der Waals surface area contributed by atoms with Crippen LogP contribution in [0.1, 0.15) is 25.3 Å². The van der Waals surface area contributed by atoms with Crippen molar-refractivity contribution in [3.8, 4) is 5.75 Å². The molecule has 2 atom stereocenters. The first kappa shape index (κ1) is 17.7. The molecule has 0 aromatic heterocycles. The Balaban J connectivity index is 1.95. The smallest absolute Gasteiger partial charge is 0.238 e. The number of benzene rings is 1. The quantitative estimate of drug-likeness (QED) is 0.808. The summed E-state index contributed by atoms with van der Waals surface area (Å²) in [6.45, 7) is 2.47. The lowest BCUT2D eigenvalue weighted by atomic mass is 10.2. The summed E-state index contributed by atoms with van der Waals surface area (Å²) in [5.41, 5.74) is 0.600. The molecule has 1 amide bonds. The van der Waals surface area contributed by atoms with Crippen LogP contribution in [0.25, 0.3) is 0 Å². The number of carbonyl (C=O) groups is 1. The van der Waals surface area contributed by atoms with Crippen LogP contribution in [0, 0.1) is 0 Å². The molecular weight excluding hydrogens is 318 g/mol. The maximum Gasteiger partial charge on any atom is 0.238 e. The van der Waals surface area contributed by atoms with Crippen LogP contribution in [0.5, 0.6) is 5.75 Å². The summed E-state index contributed by atoms with van der Waals surface area (Å²) in [4.78, 5) is 12.1. The Morgan fingerprint density at radius 2 is 2.26 bits per heavy atom. The number of methoxy groups -OCH3 is 1. The topological polar surface area (TPSA) is 81.7 Å². The van der Waals surface area contributed by atoms with Crippen LogP contribution in [-0.2, 0) is 25.1 Å². The van der Waals surface area contributed by atoms with Crippen molar-refractivity contribution in [1.29, 1.82) is 0 Å². The summed E-state index contributed by atoms with van der Waals surface area (Å²) < 4.78 is 35.3. The fourth-order valence-electron chi connectivity index (χ4n) is 2.45. The summed E-state index contributed by atoms with van der Waals surface area (Å²) in [7, 11) is -2.07. The highest BCUT2D eigenvalue weighted by Crippen LogP contribution is 2.17. The molecule has 1 fully saturated rings. The number of rotatable bonds is 7. The van der Waals surface area contributed by atoms with Gasteiger partial charge in [-0.1, -0.05) is 12.1 Å². The highest BCUT2D eigenvalue weighted by atomic mass is 32.2. The van der Waals surface area contributed by atoms with Crippen LogP contribution in [-0.4, -0.2) is 45.9 Å². The normalized spacial score (nSPS) is 19.3. The van der Waals surface area contributed by atoms with Gasteiger partial charge in [0.25, 0.3) is 0 Å². The minimum absolute atomic E-state index is 0.00719. The van der Waals surface area contributed by atoms with Gasteiger partial charge in [0.1, 0.15) is 11.0 Å². The molecule has 7 heteroatoms. The van der Waals surface area contributed by atoms with Crippen molar-refractivity contribution < 1.29 is 22.7 Å². The average molecular weight is 341 g/mol. The number of ether oxygens (including phenoxy) is 2. The Morgan fingerprint density at radius 3 is 2.91 bits per heavy atom. The molecule has 0 spiro atoms. The summed E-state index contributed by atoms with van der Waals surface area (Å²) >= 11 is 0. The fraction of sp³-hybridized carbons (Fsp3) is 0.562. The summed E-state index contributed by atoms with van der Waals surface area (Å²) in [5.74, 6) is -0.0878. The van der Waals surface area contributed by atoms with Crippen LogP contribution in [0.2, 0.25) is 0 Å². The van der Waals surface area contributed by atoms with Crippen molar-refractivity contribution in [2.45, 2.75) is 36.9 Å². The Morgan fingerprint density at radius 1 is 1.48 bits per heavy atom. The lowest BCUT2D eigenvalue weighted by molar-refractivity contribution is -0.120. The SMILES string of the molecule is COc1cccc(CS(=O)(=O)[C@H](C)C(=O)NC[C@H]2CCCO2)c1. The molecule has 128 valence electrons. The number of carbonyl (C=O) groups excluding carboxylic acids is 1. The van der Waals surface area contributed by atoms with E-state index in [9.17, 15) is 13.2 Å². The Labute approximate surface area is 137 Å². The molecular formula is C16H23NO5S. The highest BCUT2D eigenvalue weighted by molar-refractivity contribution is 7.92. The van der Waals surface area contributed by atoms with Crippen LogP contribution in [0.4, 0.5) is 0 Å². The van der Waals surface area contributed by atoms with Gasteiger partial charge in [-0.3, -0.25) is 4.79 Å². The van der Waals surface area contributed by atoms with Crippen molar-refractivity contribution in [2.24, 2.45) is 0 Å². The van der Waals surface area contributed by atoms with Crippen LogP contribution in [0.3, 0.4) is 0 Å². The van der Waals surface area contributed by atoms with Crippen molar-refractivity contribution in [3.05, 3.63) is 29.8 Å². The van der Waals surface area contributed by atoms with Crippen LogP contribution in [0.15, 0.2) is 24.3 Å². The third-order valence-electron chi connectivity index (χ3n) is 3.94. The van der Waals surface area contributed by atoms with Gasteiger partial charge in [-0.05, 0) is 37.5 Å². The van der Waals surface area contributed by atoms with Gasteiger partial charge >= 0.3 is 0 Å². The largest absolute Gasteiger partial charge is 0.497 e. The molecule has 6 nitrogen and oxygen atoms in total. The van der Waals surface area contributed by atoms with E-state index in [1.807, 2.05) is 0 Å². The van der Waals surface area contributed by atoms with Crippen molar-refractivity contribution >= 4 is 15.7 Å². The van der Waals surface area contributed by atoms with E-state index in [2.05, 4.69) is 5.32 Å². The average Bonchev–Trinajstić information content (AvgIpc) is 3.05. The monoisotopic (exact) mass is 341 g/mol. The number of amides is 1. The maximum atomic E-state index is 12.4. The zero-order valence-corrected chi connectivity index (χ0v) is 14.3. The lowest BCUT2D eigenvalue weighted by Crippen LogP contribution is -2.41. The summed E-state index contributed by atoms with van der Waals surface area (Å²) in [6.07, 6.45) is 1.86. The van der Waals surface area contributed by atoms with Gasteiger partial charge in [-0.15, -0.1) is 0 Å². The van der Waals surface area contributed by atoms with Crippen LogP contribution < -0.4 is 10.1 Å². The lowest BCUT2D eigenvalue weighted by Gasteiger charge is -2.16. The molecule has 1 N–H and O–H groups in total. The molecule has 2 rings (SSSR count). The van der Waals surface area contributed by atoms with E-state index in [1.165, 1.54) is 14.0 Å². The number of hydrogen-bond donors (Lipinski definition) is 1. The second-order valence-corrected chi connectivity index (χ2v) is 8.00. The van der Waals surface area contributed by atoms with E-state index in [1.54, 1.807) is 24.3 Å². The van der Waals surface area contributed by atoms with Gasteiger partial charge in [0, 0.05) is 13.2 Å². The van der Waals surface area contributed by atoms with Crippen molar-refractivity contribution in [2.75, 3.05) is 20.3 Å². The standard InChI is InChI=1S/C16H23NO5S/c1-12(16(18)17-10-15-7-4-8-22-15)23(19,20)11-13-5-3-6-14(9-13)21-2/h3,5-6,9,12,15H,4,7-8,10-11H2,1-2H3,(H,17,18)/t12-,15-/m1/s1. The second kappa shape index (κ2) is 7.79. The predicted molar refractivity (Wildman–Crippen MR) is 87.1 cm³/mol. The predicted octanol–water partition coefficient (Wildman–Crippen LogP) is 1.29. The molecule has 1 aromatic carbocycles. The van der Waals surface area contributed by atoms with E-state index in [0.29, 0.717) is 24.5 Å². The van der Waals surface area contributed by atoms with Gasteiger partial charge in [-0.2, -0.15) is 0 Å². The third-order valence-corrected chi connectivity index (χ3v) is 5.96. The number of nitrogens with one attached hydrogen (secondary N) is 1. The first-order chi connectivity index (χ1) is 10.9. The summed E-state index contributed by atoms with van der Waals surface area (Å²) in [6, 6.07) is 6.84. The second-order valence-electron chi connectivity index (χ2n) is 5.68. The van der Waals surface area contributed by atoms with E-state index >= 15 is 0 Å². The fourth-order valence-corrected chi connectivity index (χ4v) is 3.75. The van der Waals surface area contributed by atoms with Crippen LogP contribution >= 0.6 is 0 Å². The molecule has 0 bridgehead atoms. The van der Waals surface area contributed by atoms with E-state index in [4.69, 9.17) is 9.47 Å². The van der Waals surface area contributed by atoms with E-state index in [-0.39, 0.29) is 11.9 Å². The molecule has 1 heterocycles. The third kappa shape index (κ3) is 4.94. The summed E-state index contributed by atoms with van der Waals surface area (Å²) in [5, 5.41) is 1.57. The Kier molecular flexibility index (Phi) is 6.01. The van der Waals surface area contributed by atoms with E-state index in [0.717, 1.165) is 12.8 Å². The van der Waals surface area contributed by atoms with E-state index < -0.39 is 21.0 Å². The zero-order valence-electron chi connectivity index (χ0n) is 13.4. The Hall–Kier alpha value is -1.60. The molecule has 1 aromatic rings. The Bertz CT molecular complexity index is 638. The zero-order chi connectivity index (χ0) is 16.9. The van der Waals surface area contributed by atoms with Gasteiger partial charge < -0.3 is 14.8 Å². The van der Waals surface area contributed by atoms with Gasteiger partial charge in [0.05, 0.1) is 19.0 Å². The molecule has 23 heavy (non-hydrogen) atoms. The molecule has 1 saturated heterocycles. The van der Waals surface area contributed by atoms with Crippen molar-refractivity contribution in [3.63, 3.8) is 0 Å². The molecule has 0 radical (unpaired) electrons. The minimum atomic E-state index is -3.59. The van der Waals surface area contributed by atoms with Crippen molar-refractivity contribution in [1.82, 2.24) is 5.32 Å². The number of sulfone groups is 1. The number of hydrogen-bond acceptors (Lipinski definition) is 5. The molecule has 0 saturated carbocycles. The first-order valence-electron chi connectivity index (χ1n) is 7.66. The molecule has 1 aliphatic heterocycles. The van der Waals surface area contributed by atoms with Gasteiger partial charge in [0.2, 0.25) is 5.91 Å². The minimum Gasteiger partial charge on any atom is -0.497 e. The first-order valence-corrected chi connectivity index (χ1v) is 9.38. The maximum absolute atomic E-state index is 12.4. The molecule has 0 unspecified atom stereocenters. The molecule has 1 aliphatic rings.